The summed E-state index contributed by atoms with van der Waals surface area (Å²) >= 11 is 0. The van der Waals surface area contributed by atoms with Crippen LogP contribution in [0.4, 0.5) is 13.2 Å². The first-order valence-corrected chi connectivity index (χ1v) is 6.02. The molecule has 20 heavy (non-hydrogen) atoms. The van der Waals surface area contributed by atoms with Crippen molar-refractivity contribution in [3.63, 3.8) is 0 Å². The van der Waals surface area contributed by atoms with E-state index < -0.39 is 24.2 Å². The number of halogens is 3. The highest BCUT2D eigenvalue weighted by molar-refractivity contribution is 5.78. The Bertz CT molecular complexity index is 516. The van der Waals surface area contributed by atoms with Gasteiger partial charge in [-0.05, 0) is 12.0 Å². The summed E-state index contributed by atoms with van der Waals surface area (Å²) in [6.07, 6.45) is -4.97. The molecule has 3 heterocycles. The maximum absolute atomic E-state index is 12.2. The van der Waals surface area contributed by atoms with E-state index in [-0.39, 0.29) is 30.8 Å². The van der Waals surface area contributed by atoms with Crippen LogP contribution in [0.5, 0.6) is 0 Å². The summed E-state index contributed by atoms with van der Waals surface area (Å²) in [5.41, 5.74) is 0.491. The molecule has 2 unspecified atom stereocenters. The van der Waals surface area contributed by atoms with Crippen molar-refractivity contribution in [1.82, 2.24) is 10.2 Å². The number of carbonyl (C=O) groups excluding carboxylic acids is 1. The van der Waals surface area contributed by atoms with Gasteiger partial charge in [0.15, 0.2) is 0 Å². The number of hydrogen-bond acceptors (Lipinski definition) is 5. The molecule has 3 rings (SSSR count). The van der Waals surface area contributed by atoms with E-state index in [4.69, 9.17) is 5.11 Å². The fourth-order valence-electron chi connectivity index (χ4n) is 3.04. The van der Waals surface area contributed by atoms with Gasteiger partial charge in [0.2, 0.25) is 0 Å². The summed E-state index contributed by atoms with van der Waals surface area (Å²) in [4.78, 5) is 23.7. The monoisotopic (exact) mass is 292 g/mol. The number of hydrogen-bond donors (Lipinski definition) is 2. The number of esters is 1. The first-order valence-electron chi connectivity index (χ1n) is 6.02. The van der Waals surface area contributed by atoms with Gasteiger partial charge in [-0.2, -0.15) is 13.2 Å². The molecule has 3 atom stereocenters. The van der Waals surface area contributed by atoms with Crippen LogP contribution in [0.2, 0.25) is 0 Å². The van der Waals surface area contributed by atoms with Gasteiger partial charge in [0.25, 0.3) is 0 Å². The lowest BCUT2D eigenvalue weighted by Gasteiger charge is -2.48. The lowest BCUT2D eigenvalue weighted by atomic mass is 9.89. The zero-order chi connectivity index (χ0) is 14.7. The smallest absolute Gasteiger partial charge is 0.480 e. The van der Waals surface area contributed by atoms with Gasteiger partial charge in [-0.15, -0.1) is 0 Å². The zero-order valence-electron chi connectivity index (χ0n) is 10.1. The Balaban J connectivity index is 1.85. The summed E-state index contributed by atoms with van der Waals surface area (Å²) in [7, 11) is 0. The molecule has 9 heteroatoms. The zero-order valence-corrected chi connectivity index (χ0v) is 10.1. The Labute approximate surface area is 111 Å². The minimum Gasteiger partial charge on any atom is -0.480 e. The molecule has 6 nitrogen and oxygen atoms in total. The van der Waals surface area contributed by atoms with Crippen molar-refractivity contribution in [2.24, 2.45) is 0 Å². The van der Waals surface area contributed by atoms with Crippen LogP contribution >= 0.6 is 0 Å². The summed E-state index contributed by atoms with van der Waals surface area (Å²) in [5.74, 6) is -3.39. The second-order valence-corrected chi connectivity index (χ2v) is 5.02. The van der Waals surface area contributed by atoms with E-state index in [0.717, 1.165) is 0 Å². The van der Waals surface area contributed by atoms with Gasteiger partial charge in [-0.25, -0.2) is 4.79 Å². The molecule has 0 aromatic carbocycles. The molecule has 0 saturated carbocycles. The molecule has 3 aliphatic heterocycles. The average Bonchev–Trinajstić information content (AvgIpc) is 2.64. The molecular weight excluding hydrogens is 281 g/mol. The number of carbonyl (C=O) groups is 2. The van der Waals surface area contributed by atoms with E-state index in [1.807, 2.05) is 0 Å². The molecule has 2 N–H and O–H groups in total. The number of alkyl halides is 3. The Morgan fingerprint density at radius 2 is 2.10 bits per heavy atom. The van der Waals surface area contributed by atoms with Crippen LogP contribution in [0.15, 0.2) is 11.3 Å². The third-order valence-corrected chi connectivity index (χ3v) is 3.93. The van der Waals surface area contributed by atoms with E-state index >= 15 is 0 Å². The minimum absolute atomic E-state index is 0.0124. The van der Waals surface area contributed by atoms with Crippen molar-refractivity contribution in [2.45, 2.75) is 30.7 Å². The van der Waals surface area contributed by atoms with E-state index in [9.17, 15) is 22.8 Å². The van der Waals surface area contributed by atoms with Crippen molar-refractivity contribution in [3.8, 4) is 0 Å². The number of carboxylic acid groups (broad SMARTS) is 1. The van der Waals surface area contributed by atoms with E-state index in [1.165, 1.54) is 0 Å². The Morgan fingerprint density at radius 1 is 1.40 bits per heavy atom. The first kappa shape index (κ1) is 13.4. The average molecular weight is 292 g/mol. The second kappa shape index (κ2) is 4.19. The fraction of sp³-hybridized carbons (Fsp3) is 0.636. The highest BCUT2D eigenvalue weighted by atomic mass is 19.4. The topological polar surface area (TPSA) is 78.9 Å². The molecular formula is C11H11F3N2O4. The van der Waals surface area contributed by atoms with Gasteiger partial charge in [-0.3, -0.25) is 9.69 Å². The maximum atomic E-state index is 12.2. The largest absolute Gasteiger partial charge is 0.491 e. The van der Waals surface area contributed by atoms with Gasteiger partial charge in [-0.1, -0.05) is 0 Å². The Morgan fingerprint density at radius 3 is 2.70 bits per heavy atom. The minimum atomic E-state index is -5.06. The van der Waals surface area contributed by atoms with Crippen LogP contribution in [0.1, 0.15) is 6.42 Å². The van der Waals surface area contributed by atoms with Crippen molar-refractivity contribution in [2.75, 3.05) is 13.1 Å². The third kappa shape index (κ3) is 1.88. The molecule has 3 aliphatic rings. The first-order chi connectivity index (χ1) is 9.29. The lowest BCUT2D eigenvalue weighted by Crippen LogP contribution is -2.67. The van der Waals surface area contributed by atoms with Crippen molar-refractivity contribution >= 4 is 11.9 Å². The van der Waals surface area contributed by atoms with Crippen LogP contribution in [-0.4, -0.2) is 59.3 Å². The number of carboxylic acids is 1. The molecule has 0 aromatic rings. The molecule has 0 radical (unpaired) electrons. The van der Waals surface area contributed by atoms with E-state index in [1.54, 1.807) is 4.90 Å². The van der Waals surface area contributed by atoms with Gasteiger partial charge in [0, 0.05) is 12.6 Å². The highest BCUT2D eigenvalue weighted by Crippen LogP contribution is 2.42. The number of rotatable bonds is 2. The quantitative estimate of drug-likeness (QED) is 0.690. The summed E-state index contributed by atoms with van der Waals surface area (Å²) < 4.78 is 41.0. The summed E-state index contributed by atoms with van der Waals surface area (Å²) in [6.45, 7) is 0.546. The molecule has 0 bridgehead atoms. The standard InChI is InChI=1S/C11H11F3N2O4/c12-11(13,14)10(19)20-7-2-15-5-3-16-6(9(17)18)1-4(7)8(5)16/h5-6,8,15H,1-3H2,(H,17,18)/t5?,6-,8?/m0/s1. The summed E-state index contributed by atoms with van der Waals surface area (Å²) in [5, 5.41) is 12.0. The number of aliphatic carboxylic acids is 1. The van der Waals surface area contributed by atoms with Crippen LogP contribution in [0, 0.1) is 0 Å². The highest BCUT2D eigenvalue weighted by Gasteiger charge is 2.56. The Kier molecular flexibility index (Phi) is 2.80. The van der Waals surface area contributed by atoms with Crippen molar-refractivity contribution in [1.29, 1.82) is 0 Å². The second-order valence-electron chi connectivity index (χ2n) is 5.02. The number of nitrogens with zero attached hydrogens (tertiary/aromatic N) is 1. The maximum Gasteiger partial charge on any atom is 0.491 e. The van der Waals surface area contributed by atoms with Crippen LogP contribution in [-0.2, 0) is 14.3 Å². The van der Waals surface area contributed by atoms with Gasteiger partial charge >= 0.3 is 18.1 Å². The third-order valence-electron chi connectivity index (χ3n) is 3.93. The van der Waals surface area contributed by atoms with Gasteiger partial charge in [0.05, 0.1) is 12.6 Å². The van der Waals surface area contributed by atoms with Crippen LogP contribution in [0.3, 0.4) is 0 Å². The normalized spacial score (nSPS) is 32.6. The lowest BCUT2D eigenvalue weighted by molar-refractivity contribution is -0.195. The van der Waals surface area contributed by atoms with E-state index in [2.05, 4.69) is 10.1 Å². The molecule has 0 aliphatic carbocycles. The van der Waals surface area contributed by atoms with Gasteiger partial charge < -0.3 is 15.2 Å². The SMILES string of the molecule is O=C(O)[C@@H]1CC2=C(OC(=O)C(F)(F)F)CNC3CN1C23. The predicted octanol–water partition coefficient (Wildman–Crippen LogP) is -0.141. The molecule has 2 fully saturated rings. The van der Waals surface area contributed by atoms with E-state index in [0.29, 0.717) is 12.1 Å². The fourth-order valence-corrected chi connectivity index (χ4v) is 3.04. The van der Waals surface area contributed by atoms with Crippen molar-refractivity contribution in [3.05, 3.63) is 11.3 Å². The molecule has 2 saturated heterocycles. The molecule has 110 valence electrons. The van der Waals surface area contributed by atoms with Crippen LogP contribution < -0.4 is 5.32 Å². The number of ether oxygens (including phenoxy) is 1. The van der Waals surface area contributed by atoms with Crippen molar-refractivity contribution < 1.29 is 32.6 Å². The number of nitrogens with one attached hydrogen (secondary N) is 1. The van der Waals surface area contributed by atoms with Gasteiger partial charge in [0.1, 0.15) is 11.8 Å². The Hall–Kier alpha value is -1.61. The molecule has 0 aromatic heterocycles. The van der Waals surface area contributed by atoms with Crippen LogP contribution in [0.25, 0.3) is 0 Å². The molecule has 0 spiro atoms. The molecule has 0 amide bonds. The summed E-state index contributed by atoms with van der Waals surface area (Å²) in [6, 6.07) is -1.02. The predicted molar refractivity (Wildman–Crippen MR) is 57.5 cm³/mol.